The Hall–Kier alpha value is -2.12. The van der Waals surface area contributed by atoms with Gasteiger partial charge in [-0.05, 0) is 37.8 Å². The molecule has 0 aliphatic carbocycles. The largest absolute Gasteiger partial charge is 0.389 e. The fraction of sp³-hybridized carbons (Fsp3) is 0.619. The Morgan fingerprint density at radius 3 is 2.93 bits per heavy atom. The number of benzene rings is 1. The zero-order valence-corrected chi connectivity index (χ0v) is 16.3. The monoisotopic (exact) mass is 387 g/mol. The predicted octanol–water partition coefficient (Wildman–Crippen LogP) is 1.36. The molecule has 2 saturated heterocycles. The van der Waals surface area contributed by atoms with Crippen LogP contribution in [0.25, 0.3) is 0 Å². The first-order valence-electron chi connectivity index (χ1n) is 10.3. The van der Waals surface area contributed by atoms with Crippen LogP contribution in [0.2, 0.25) is 0 Å². The number of ether oxygens (including phenoxy) is 1. The summed E-state index contributed by atoms with van der Waals surface area (Å²) in [6, 6.07) is 5.66. The minimum absolute atomic E-state index is 0.00321. The van der Waals surface area contributed by atoms with Crippen LogP contribution in [-0.4, -0.2) is 59.7 Å². The molecule has 0 aromatic heterocycles. The van der Waals surface area contributed by atoms with Crippen LogP contribution in [0, 0.1) is 0 Å². The number of fused-ring (bicyclic) bond motifs is 4. The molecule has 3 N–H and O–H groups in total. The summed E-state index contributed by atoms with van der Waals surface area (Å²) in [5.74, 6) is -0.0927. The summed E-state index contributed by atoms with van der Waals surface area (Å²) in [5, 5.41) is 16.2. The third kappa shape index (κ3) is 4.00. The molecule has 1 aromatic rings. The summed E-state index contributed by atoms with van der Waals surface area (Å²) in [5.41, 5.74) is 3.17. The van der Waals surface area contributed by atoms with Crippen molar-refractivity contribution in [2.75, 3.05) is 25.0 Å². The van der Waals surface area contributed by atoms with Crippen molar-refractivity contribution >= 4 is 17.5 Å². The number of nitrogens with one attached hydrogen (secondary N) is 2. The van der Waals surface area contributed by atoms with E-state index in [0.717, 1.165) is 49.2 Å². The van der Waals surface area contributed by atoms with E-state index in [1.165, 1.54) is 0 Å². The van der Waals surface area contributed by atoms with E-state index in [1.54, 1.807) is 6.92 Å². The maximum atomic E-state index is 12.3. The summed E-state index contributed by atoms with van der Waals surface area (Å²) < 4.78 is 5.78. The van der Waals surface area contributed by atoms with Crippen molar-refractivity contribution in [3.8, 4) is 0 Å². The number of aliphatic hydroxyl groups is 1. The lowest BCUT2D eigenvalue weighted by atomic mass is 9.88. The van der Waals surface area contributed by atoms with Gasteiger partial charge in [0.2, 0.25) is 11.8 Å². The van der Waals surface area contributed by atoms with E-state index in [-0.39, 0.29) is 24.0 Å². The second-order valence-electron chi connectivity index (χ2n) is 8.12. The summed E-state index contributed by atoms with van der Waals surface area (Å²) in [4.78, 5) is 26.4. The van der Waals surface area contributed by atoms with Gasteiger partial charge in [0.25, 0.3) is 0 Å². The first kappa shape index (κ1) is 19.2. The van der Waals surface area contributed by atoms with Gasteiger partial charge in [-0.25, -0.2) is 0 Å². The molecule has 0 spiro atoms. The van der Waals surface area contributed by atoms with Crippen molar-refractivity contribution < 1.29 is 19.4 Å². The molecule has 2 amide bonds. The number of aryl methyl sites for hydroxylation is 1. The summed E-state index contributed by atoms with van der Waals surface area (Å²) in [6.45, 7) is 3.69. The maximum absolute atomic E-state index is 12.3. The molecule has 28 heavy (non-hydrogen) atoms. The standard InChI is InChI=1S/C21H29N3O4/c1-13(21(27)24-8-2-3-9-24)22-20(26)7-5-14-4-6-16-15(10-14)19-11-17(23-16)18(25)12-28-19/h4,6,10,13,17-19,23,25H,2-3,5,7-9,11-12H2,1H3,(H,22,26)/t13-,17+,18+,19+/m0/s1. The molecule has 1 aromatic carbocycles. The minimum atomic E-state index is -0.475. The van der Waals surface area contributed by atoms with E-state index in [2.05, 4.69) is 16.7 Å². The Morgan fingerprint density at radius 1 is 1.36 bits per heavy atom. The van der Waals surface area contributed by atoms with Crippen LogP contribution in [0.15, 0.2) is 18.2 Å². The van der Waals surface area contributed by atoms with Crippen LogP contribution >= 0.6 is 0 Å². The normalized spacial score (nSPS) is 26.9. The maximum Gasteiger partial charge on any atom is 0.244 e. The smallest absolute Gasteiger partial charge is 0.244 e. The molecule has 4 rings (SSSR count). The van der Waals surface area contributed by atoms with Gasteiger partial charge >= 0.3 is 0 Å². The Kier molecular flexibility index (Phi) is 5.55. The van der Waals surface area contributed by atoms with Crippen LogP contribution in [0.3, 0.4) is 0 Å². The van der Waals surface area contributed by atoms with Crippen molar-refractivity contribution in [2.45, 2.75) is 63.3 Å². The van der Waals surface area contributed by atoms with E-state index >= 15 is 0 Å². The fourth-order valence-corrected chi connectivity index (χ4v) is 4.37. The van der Waals surface area contributed by atoms with Gasteiger partial charge in [-0.3, -0.25) is 9.59 Å². The first-order valence-corrected chi connectivity index (χ1v) is 10.3. The summed E-state index contributed by atoms with van der Waals surface area (Å²) in [6.07, 6.45) is 3.33. The van der Waals surface area contributed by atoms with E-state index in [4.69, 9.17) is 4.74 Å². The molecule has 0 radical (unpaired) electrons. The van der Waals surface area contributed by atoms with Crippen LogP contribution in [-0.2, 0) is 20.7 Å². The number of likely N-dealkylation sites (tertiary alicyclic amines) is 1. The van der Waals surface area contributed by atoms with Gasteiger partial charge in [-0.2, -0.15) is 0 Å². The number of amides is 2. The number of rotatable bonds is 5. The van der Waals surface area contributed by atoms with Crippen molar-refractivity contribution in [1.29, 1.82) is 0 Å². The first-order chi connectivity index (χ1) is 13.5. The third-order valence-corrected chi connectivity index (χ3v) is 6.01. The van der Waals surface area contributed by atoms with Crippen molar-refractivity contribution in [1.82, 2.24) is 10.2 Å². The molecule has 0 saturated carbocycles. The van der Waals surface area contributed by atoms with Gasteiger partial charge < -0.3 is 25.4 Å². The van der Waals surface area contributed by atoms with Crippen LogP contribution in [0.5, 0.6) is 0 Å². The number of nitrogens with zero attached hydrogens (tertiary/aromatic N) is 1. The summed E-state index contributed by atoms with van der Waals surface area (Å²) in [7, 11) is 0. The Bertz CT molecular complexity index is 747. The molecule has 4 atom stereocenters. The average Bonchev–Trinajstić information content (AvgIpc) is 3.23. The molecule has 3 aliphatic rings. The highest BCUT2D eigenvalue weighted by atomic mass is 16.5. The fourth-order valence-electron chi connectivity index (χ4n) is 4.37. The van der Waals surface area contributed by atoms with Gasteiger partial charge in [0.15, 0.2) is 0 Å². The Balaban J connectivity index is 1.31. The van der Waals surface area contributed by atoms with Gasteiger partial charge in [-0.15, -0.1) is 0 Å². The number of aliphatic hydroxyl groups excluding tert-OH is 1. The van der Waals surface area contributed by atoms with E-state index < -0.39 is 12.1 Å². The molecule has 2 bridgehead atoms. The third-order valence-electron chi connectivity index (χ3n) is 6.01. The zero-order chi connectivity index (χ0) is 19.7. The predicted molar refractivity (Wildman–Crippen MR) is 105 cm³/mol. The van der Waals surface area contributed by atoms with E-state index in [0.29, 0.717) is 19.4 Å². The lowest BCUT2D eigenvalue weighted by Crippen LogP contribution is -2.46. The van der Waals surface area contributed by atoms with E-state index in [9.17, 15) is 14.7 Å². The molecule has 7 nitrogen and oxygen atoms in total. The number of carbonyl (C=O) groups is 2. The molecule has 152 valence electrons. The lowest BCUT2D eigenvalue weighted by Gasteiger charge is -2.40. The Morgan fingerprint density at radius 2 is 2.14 bits per heavy atom. The van der Waals surface area contributed by atoms with Gasteiger partial charge in [0.05, 0.1) is 24.9 Å². The highest BCUT2D eigenvalue weighted by Crippen LogP contribution is 2.39. The van der Waals surface area contributed by atoms with Crippen LogP contribution < -0.4 is 10.6 Å². The highest BCUT2D eigenvalue weighted by Gasteiger charge is 2.36. The number of carbonyl (C=O) groups excluding carboxylic acids is 2. The topological polar surface area (TPSA) is 90.9 Å². The molecule has 3 heterocycles. The average molecular weight is 387 g/mol. The number of hydrogen-bond donors (Lipinski definition) is 3. The molecule has 2 fully saturated rings. The van der Waals surface area contributed by atoms with Crippen LogP contribution in [0.4, 0.5) is 5.69 Å². The highest BCUT2D eigenvalue weighted by molar-refractivity contribution is 5.87. The van der Waals surface area contributed by atoms with E-state index in [1.807, 2.05) is 17.0 Å². The second kappa shape index (κ2) is 8.09. The molecular weight excluding hydrogens is 358 g/mol. The quantitative estimate of drug-likeness (QED) is 0.710. The molecular formula is C21H29N3O4. The van der Waals surface area contributed by atoms with Gasteiger partial charge in [0, 0.05) is 37.2 Å². The van der Waals surface area contributed by atoms with Gasteiger partial charge in [0.1, 0.15) is 6.04 Å². The zero-order valence-electron chi connectivity index (χ0n) is 16.3. The summed E-state index contributed by atoms with van der Waals surface area (Å²) >= 11 is 0. The number of hydrogen-bond acceptors (Lipinski definition) is 5. The van der Waals surface area contributed by atoms with Crippen molar-refractivity contribution in [3.05, 3.63) is 29.3 Å². The SMILES string of the molecule is C[C@H](NC(=O)CCc1ccc2c(c1)[C@H]1C[C@@H](N2)[C@H](O)CO1)C(=O)N1CCCC1. The minimum Gasteiger partial charge on any atom is -0.389 e. The van der Waals surface area contributed by atoms with Crippen LogP contribution in [0.1, 0.15) is 49.8 Å². The molecule has 7 heteroatoms. The molecule has 3 aliphatic heterocycles. The lowest BCUT2D eigenvalue weighted by molar-refractivity contribution is -0.135. The van der Waals surface area contributed by atoms with Gasteiger partial charge in [-0.1, -0.05) is 12.1 Å². The Labute approximate surface area is 165 Å². The van der Waals surface area contributed by atoms with Crippen molar-refractivity contribution in [3.63, 3.8) is 0 Å². The molecule has 0 unspecified atom stereocenters. The second-order valence-corrected chi connectivity index (χ2v) is 8.12. The number of anilines is 1. The van der Waals surface area contributed by atoms with Crippen molar-refractivity contribution in [2.24, 2.45) is 0 Å².